The van der Waals surface area contributed by atoms with Crippen LogP contribution in [0.1, 0.15) is 90.0 Å². The SMILES string of the molecule is CCOC[C@H](C)COCc1ccc(C2C(OCc3ccc4c(c3)N(CCCOC)CCO4)CN(S(=O)(=O)c3ccc(C)cc3)CC2O[Si](C(C)C)(C(C)C)C(C)C)cc1. The second-order valence-electron chi connectivity index (χ2n) is 17.5. The van der Waals surface area contributed by atoms with Gasteiger partial charge in [-0.2, -0.15) is 4.31 Å². The first-order chi connectivity index (χ1) is 28.2. The van der Waals surface area contributed by atoms with Crippen molar-refractivity contribution in [3.8, 4) is 5.75 Å². The molecule has 328 valence electrons. The van der Waals surface area contributed by atoms with Crippen LogP contribution < -0.4 is 9.64 Å². The Balaban J connectivity index is 1.53. The Bertz CT molecular complexity index is 1820. The fraction of sp³-hybridized carbons (Fsp3) is 0.617. The molecule has 3 unspecified atom stereocenters. The molecule has 2 aliphatic heterocycles. The predicted octanol–water partition coefficient (Wildman–Crippen LogP) is 9.35. The standard InChI is InChI=1S/C47H72N2O8SSi/c1-11-53-30-38(9)31-54-32-39-15-18-41(19-16-39)47-45(56-33-40-17-22-44-43(27-40)48(24-26-55-44)23-12-25-52-10)28-49(58(50,51)42-20-13-37(8)14-21-42)29-46(47)57-59(34(2)3,35(4)5)36(6)7/h13-22,27,34-36,38,45-47H,11-12,23-26,28-33H2,1-10H3/t38-,45?,46?,47?/m0/s1. The molecule has 0 amide bonds. The Hall–Kier alpha value is -2.81. The molecular weight excluding hydrogens is 781 g/mol. The van der Waals surface area contributed by atoms with Crippen LogP contribution in [-0.2, 0) is 46.6 Å². The van der Waals surface area contributed by atoms with Crippen LogP contribution >= 0.6 is 0 Å². The van der Waals surface area contributed by atoms with Gasteiger partial charge in [-0.1, -0.05) is 96.5 Å². The van der Waals surface area contributed by atoms with E-state index in [4.69, 9.17) is 28.1 Å². The highest BCUT2D eigenvalue weighted by Gasteiger charge is 2.51. The molecule has 0 spiro atoms. The second-order valence-corrected chi connectivity index (χ2v) is 24.8. The van der Waals surface area contributed by atoms with E-state index < -0.39 is 30.5 Å². The van der Waals surface area contributed by atoms with Crippen molar-refractivity contribution in [1.29, 1.82) is 0 Å². The summed E-state index contributed by atoms with van der Waals surface area (Å²) in [5, 5.41) is 0. The van der Waals surface area contributed by atoms with E-state index in [0.717, 1.165) is 53.2 Å². The minimum atomic E-state index is -3.88. The molecule has 0 radical (unpaired) electrons. The summed E-state index contributed by atoms with van der Waals surface area (Å²) in [6.07, 6.45) is -0.0275. The summed E-state index contributed by atoms with van der Waals surface area (Å²) in [4.78, 5) is 2.63. The summed E-state index contributed by atoms with van der Waals surface area (Å²) in [6, 6.07) is 22.0. The zero-order chi connectivity index (χ0) is 42.7. The number of sulfonamides is 1. The fourth-order valence-electron chi connectivity index (χ4n) is 9.19. The molecule has 10 nitrogen and oxygen atoms in total. The van der Waals surface area contributed by atoms with Crippen LogP contribution in [-0.4, -0.2) is 99.6 Å². The number of benzene rings is 3. The summed E-state index contributed by atoms with van der Waals surface area (Å²) in [6.45, 7) is 26.0. The zero-order valence-electron chi connectivity index (χ0n) is 37.4. The number of hydrogen-bond donors (Lipinski definition) is 0. The summed E-state index contributed by atoms with van der Waals surface area (Å²) in [5.74, 6) is 0.942. The maximum Gasteiger partial charge on any atom is 0.243 e. The lowest BCUT2D eigenvalue weighted by Crippen LogP contribution is -2.59. The fourth-order valence-corrected chi connectivity index (χ4v) is 16.2. The molecule has 0 aliphatic carbocycles. The third-order valence-electron chi connectivity index (χ3n) is 12.2. The van der Waals surface area contributed by atoms with Crippen molar-refractivity contribution in [2.75, 3.05) is 71.2 Å². The molecule has 12 heteroatoms. The summed E-state index contributed by atoms with van der Waals surface area (Å²) >= 11 is 0. The van der Waals surface area contributed by atoms with Gasteiger partial charge in [0, 0.05) is 51.8 Å². The maximum absolute atomic E-state index is 14.6. The Morgan fingerprint density at radius 1 is 0.814 bits per heavy atom. The van der Waals surface area contributed by atoms with Crippen molar-refractivity contribution in [1.82, 2.24) is 4.31 Å². The lowest BCUT2D eigenvalue weighted by molar-refractivity contribution is -0.0505. The minimum absolute atomic E-state index is 0.195. The molecule has 4 atom stereocenters. The quantitative estimate of drug-likeness (QED) is 0.0724. The van der Waals surface area contributed by atoms with Crippen LogP contribution in [0.25, 0.3) is 0 Å². The van der Waals surface area contributed by atoms with Crippen molar-refractivity contribution >= 4 is 24.0 Å². The van der Waals surface area contributed by atoms with Gasteiger partial charge in [-0.05, 0) is 77.8 Å². The normalized spacial score (nSPS) is 19.7. The van der Waals surface area contributed by atoms with Crippen molar-refractivity contribution < 1.29 is 36.5 Å². The highest BCUT2D eigenvalue weighted by Crippen LogP contribution is 2.47. The van der Waals surface area contributed by atoms with Crippen LogP contribution in [0.3, 0.4) is 0 Å². The molecule has 1 saturated heterocycles. The van der Waals surface area contributed by atoms with Crippen molar-refractivity contribution in [3.05, 3.63) is 89.0 Å². The van der Waals surface area contributed by atoms with Crippen molar-refractivity contribution in [2.24, 2.45) is 5.92 Å². The van der Waals surface area contributed by atoms with Gasteiger partial charge in [0.2, 0.25) is 18.3 Å². The van der Waals surface area contributed by atoms with E-state index in [1.807, 2.05) is 32.0 Å². The van der Waals surface area contributed by atoms with Gasteiger partial charge in [0.15, 0.2) is 0 Å². The first-order valence-electron chi connectivity index (χ1n) is 21.8. The highest BCUT2D eigenvalue weighted by atomic mass is 32.2. The number of ether oxygens (including phenoxy) is 5. The van der Waals surface area contributed by atoms with Gasteiger partial charge in [-0.15, -0.1) is 0 Å². The van der Waals surface area contributed by atoms with E-state index in [-0.39, 0.29) is 23.9 Å². The number of fused-ring (bicyclic) bond motifs is 1. The summed E-state index contributed by atoms with van der Waals surface area (Å²) < 4.78 is 68.6. The Kier molecular flexibility index (Phi) is 17.5. The monoisotopic (exact) mass is 852 g/mol. The molecule has 59 heavy (non-hydrogen) atoms. The molecule has 1 fully saturated rings. The number of anilines is 1. The van der Waals surface area contributed by atoms with Gasteiger partial charge >= 0.3 is 0 Å². The molecule has 0 bridgehead atoms. The molecule has 0 saturated carbocycles. The Morgan fingerprint density at radius 3 is 2.10 bits per heavy atom. The molecular formula is C47H72N2O8SSi. The third kappa shape index (κ3) is 11.8. The van der Waals surface area contributed by atoms with E-state index in [0.29, 0.717) is 68.8 Å². The summed E-state index contributed by atoms with van der Waals surface area (Å²) in [5.41, 5.74) is 6.12. The Labute approximate surface area is 357 Å². The van der Waals surface area contributed by atoms with Crippen LogP contribution in [0.2, 0.25) is 16.6 Å². The third-order valence-corrected chi connectivity index (χ3v) is 20.1. The van der Waals surface area contributed by atoms with Gasteiger partial charge in [0.25, 0.3) is 0 Å². The number of hydrogen-bond acceptors (Lipinski definition) is 9. The zero-order valence-corrected chi connectivity index (χ0v) is 39.3. The predicted molar refractivity (Wildman–Crippen MR) is 240 cm³/mol. The topological polar surface area (TPSA) is 96.0 Å². The summed E-state index contributed by atoms with van der Waals surface area (Å²) in [7, 11) is -4.65. The molecule has 2 aliphatic rings. The molecule has 0 N–H and O–H groups in total. The average Bonchev–Trinajstić information content (AvgIpc) is 3.21. The van der Waals surface area contributed by atoms with Crippen molar-refractivity contribution in [3.63, 3.8) is 0 Å². The number of methoxy groups -OCH3 is 1. The number of aryl methyl sites for hydroxylation is 1. The smallest absolute Gasteiger partial charge is 0.243 e. The van der Waals surface area contributed by atoms with Crippen LogP contribution in [0, 0.1) is 12.8 Å². The maximum atomic E-state index is 14.6. The van der Waals surface area contributed by atoms with Gasteiger partial charge in [-0.3, -0.25) is 0 Å². The van der Waals surface area contributed by atoms with Gasteiger partial charge < -0.3 is 33.0 Å². The average molecular weight is 853 g/mol. The molecule has 2 heterocycles. The van der Waals surface area contributed by atoms with Crippen LogP contribution in [0.4, 0.5) is 5.69 Å². The van der Waals surface area contributed by atoms with Crippen LogP contribution in [0.5, 0.6) is 5.75 Å². The lowest BCUT2D eigenvalue weighted by atomic mass is 9.85. The molecule has 5 rings (SSSR count). The Morgan fingerprint density at radius 2 is 1.46 bits per heavy atom. The number of rotatable bonds is 22. The van der Waals surface area contributed by atoms with Gasteiger partial charge in [0.1, 0.15) is 12.4 Å². The van der Waals surface area contributed by atoms with Crippen molar-refractivity contribution in [2.45, 2.75) is 122 Å². The van der Waals surface area contributed by atoms with E-state index >= 15 is 0 Å². The van der Waals surface area contributed by atoms with E-state index in [2.05, 4.69) is 89.8 Å². The largest absolute Gasteiger partial charge is 0.490 e. The van der Waals surface area contributed by atoms with E-state index in [1.54, 1.807) is 23.5 Å². The second kappa shape index (κ2) is 21.8. The van der Waals surface area contributed by atoms with Crippen LogP contribution in [0.15, 0.2) is 71.6 Å². The number of piperidine rings is 1. The molecule has 3 aromatic carbocycles. The first kappa shape index (κ1) is 47.2. The van der Waals surface area contributed by atoms with Gasteiger partial charge in [-0.25, -0.2) is 8.42 Å². The first-order valence-corrected chi connectivity index (χ1v) is 25.4. The van der Waals surface area contributed by atoms with Gasteiger partial charge in [0.05, 0.1) is 55.8 Å². The molecule has 0 aromatic heterocycles. The van der Waals surface area contributed by atoms with E-state index in [9.17, 15) is 8.42 Å². The minimum Gasteiger partial charge on any atom is -0.490 e. The van der Waals surface area contributed by atoms with E-state index in [1.165, 1.54) is 0 Å². The molecule has 3 aromatic rings. The lowest BCUT2D eigenvalue weighted by Gasteiger charge is -2.50. The number of nitrogens with zero attached hydrogens (tertiary/aromatic N) is 2. The highest BCUT2D eigenvalue weighted by molar-refractivity contribution is 7.89.